The van der Waals surface area contributed by atoms with Crippen LogP contribution in [0.5, 0.6) is 0 Å². The zero-order valence-corrected chi connectivity index (χ0v) is 13.8. The molecule has 0 fully saturated rings. The van der Waals surface area contributed by atoms with E-state index in [0.29, 0.717) is 31.0 Å². The van der Waals surface area contributed by atoms with Crippen LogP contribution in [0.4, 0.5) is 10.2 Å². The van der Waals surface area contributed by atoms with Crippen LogP contribution in [-0.4, -0.2) is 33.1 Å². The van der Waals surface area contributed by atoms with Crippen LogP contribution in [0, 0.1) is 5.82 Å². The summed E-state index contributed by atoms with van der Waals surface area (Å²) in [5.74, 6) is -0.835. The lowest BCUT2D eigenvalue weighted by atomic mass is 10.3. The highest BCUT2D eigenvalue weighted by atomic mass is 79.9. The smallest absolute Gasteiger partial charge is 0.365 e. The van der Waals surface area contributed by atoms with E-state index >= 15 is 0 Å². The number of nitrogens with two attached hydrogens (primary N) is 1. The molecule has 11 heteroatoms. The molecule has 0 saturated heterocycles. The van der Waals surface area contributed by atoms with Gasteiger partial charge in [0.2, 0.25) is 11.6 Å². The van der Waals surface area contributed by atoms with Crippen LogP contribution >= 0.6 is 15.9 Å². The van der Waals surface area contributed by atoms with E-state index in [9.17, 15) is 9.18 Å². The summed E-state index contributed by atoms with van der Waals surface area (Å²) in [6.45, 7) is 1.05. The molecule has 0 aliphatic heterocycles. The van der Waals surface area contributed by atoms with Gasteiger partial charge >= 0.3 is 5.76 Å². The van der Waals surface area contributed by atoms with E-state index in [1.807, 2.05) is 0 Å². The summed E-state index contributed by atoms with van der Waals surface area (Å²) in [5, 5.41) is 14.2. The Balaban J connectivity index is 2.04. The summed E-state index contributed by atoms with van der Waals surface area (Å²) >= 11 is 3.07. The molecule has 3 rings (SSSR count). The van der Waals surface area contributed by atoms with E-state index in [0.717, 1.165) is 4.57 Å². The molecule has 0 spiro atoms. The van der Waals surface area contributed by atoms with E-state index < -0.39 is 11.6 Å². The topological polar surface area (TPSA) is 125 Å². The number of anilines is 1. The largest absolute Gasteiger partial charge is 0.446 e. The van der Waals surface area contributed by atoms with Gasteiger partial charge in [0.1, 0.15) is 5.82 Å². The molecule has 0 unspecified atom stereocenters. The second-order valence-electron chi connectivity index (χ2n) is 4.74. The number of halogens is 2. The quantitative estimate of drug-likeness (QED) is 0.598. The van der Waals surface area contributed by atoms with Gasteiger partial charge in [0.05, 0.1) is 10.2 Å². The first kappa shape index (κ1) is 16.3. The van der Waals surface area contributed by atoms with Gasteiger partial charge < -0.3 is 11.1 Å². The van der Waals surface area contributed by atoms with Crippen molar-refractivity contribution in [2.75, 3.05) is 18.4 Å². The summed E-state index contributed by atoms with van der Waals surface area (Å²) in [5.41, 5.74) is 5.98. The molecule has 0 radical (unpaired) electrons. The van der Waals surface area contributed by atoms with Gasteiger partial charge in [-0.1, -0.05) is 5.16 Å². The van der Waals surface area contributed by atoms with Crippen molar-refractivity contribution in [2.24, 2.45) is 5.73 Å². The minimum atomic E-state index is -0.751. The van der Waals surface area contributed by atoms with Crippen molar-refractivity contribution in [1.29, 1.82) is 0 Å². The van der Waals surface area contributed by atoms with Crippen molar-refractivity contribution in [3.8, 4) is 17.2 Å². The first-order valence-electron chi connectivity index (χ1n) is 6.93. The van der Waals surface area contributed by atoms with Crippen molar-refractivity contribution < 1.29 is 13.5 Å². The van der Waals surface area contributed by atoms with Crippen LogP contribution in [0.1, 0.15) is 6.42 Å². The minimum absolute atomic E-state index is 0.0787. The predicted molar refractivity (Wildman–Crippen MR) is 85.2 cm³/mol. The van der Waals surface area contributed by atoms with Crippen LogP contribution in [0.3, 0.4) is 0 Å². The average Bonchev–Trinajstić information content (AvgIpc) is 3.17. The number of hydrogen-bond acceptors (Lipinski definition) is 8. The summed E-state index contributed by atoms with van der Waals surface area (Å²) in [6.07, 6.45) is 0.711. The fraction of sp³-hybridized carbons (Fsp3) is 0.231. The van der Waals surface area contributed by atoms with Crippen molar-refractivity contribution >= 4 is 21.7 Å². The van der Waals surface area contributed by atoms with E-state index in [1.54, 1.807) is 0 Å². The maximum Gasteiger partial charge on any atom is 0.446 e. The van der Waals surface area contributed by atoms with Gasteiger partial charge in [-0.2, -0.15) is 0 Å². The third-order valence-corrected chi connectivity index (χ3v) is 3.75. The fourth-order valence-corrected chi connectivity index (χ4v) is 2.38. The Morgan fingerprint density at radius 1 is 1.33 bits per heavy atom. The van der Waals surface area contributed by atoms with Crippen molar-refractivity contribution in [3.05, 3.63) is 39.0 Å². The molecule has 0 bridgehead atoms. The molecule has 3 N–H and O–H groups in total. The van der Waals surface area contributed by atoms with E-state index in [2.05, 4.69) is 36.7 Å². The number of hydrogen-bond donors (Lipinski definition) is 2. The fourth-order valence-electron chi connectivity index (χ4n) is 2.01. The zero-order chi connectivity index (χ0) is 17.1. The van der Waals surface area contributed by atoms with Crippen molar-refractivity contribution in [1.82, 2.24) is 20.0 Å². The van der Waals surface area contributed by atoms with Gasteiger partial charge in [0.25, 0.3) is 0 Å². The van der Waals surface area contributed by atoms with E-state index in [1.165, 1.54) is 18.2 Å². The Labute approximate surface area is 142 Å². The molecule has 0 aliphatic rings. The number of aromatic nitrogens is 4. The Kier molecular flexibility index (Phi) is 4.71. The monoisotopic (exact) mass is 398 g/mol. The molecule has 0 aliphatic carbocycles. The van der Waals surface area contributed by atoms with Crippen LogP contribution < -0.4 is 16.8 Å². The van der Waals surface area contributed by atoms with Crippen LogP contribution in [0.2, 0.25) is 0 Å². The molecule has 3 aromatic rings. The van der Waals surface area contributed by atoms with Gasteiger partial charge in [-0.05, 0) is 57.4 Å². The first-order valence-corrected chi connectivity index (χ1v) is 7.72. The van der Waals surface area contributed by atoms with Gasteiger partial charge in [-0.25, -0.2) is 18.4 Å². The molecular weight excluding hydrogens is 387 g/mol. The summed E-state index contributed by atoms with van der Waals surface area (Å²) < 4.78 is 24.2. The molecule has 0 amide bonds. The van der Waals surface area contributed by atoms with Crippen LogP contribution in [-0.2, 0) is 0 Å². The first-order chi connectivity index (χ1) is 11.6. The van der Waals surface area contributed by atoms with Crippen LogP contribution in [0.15, 0.2) is 36.6 Å². The number of nitrogens with zero attached hydrogens (tertiary/aromatic N) is 4. The second-order valence-corrected chi connectivity index (χ2v) is 5.59. The SMILES string of the molecule is NCCCNc1nonc1-c1noc(=O)n1-c1ccc(F)c(Br)c1. The van der Waals surface area contributed by atoms with Gasteiger partial charge in [-0.15, -0.1) is 0 Å². The van der Waals surface area contributed by atoms with Crippen LogP contribution in [0.25, 0.3) is 17.2 Å². The number of rotatable bonds is 6. The average molecular weight is 399 g/mol. The van der Waals surface area contributed by atoms with E-state index in [4.69, 9.17) is 14.9 Å². The Morgan fingerprint density at radius 2 is 2.17 bits per heavy atom. The summed E-state index contributed by atoms with van der Waals surface area (Å²) in [6, 6.07) is 4.05. The number of nitrogens with one attached hydrogen (secondary N) is 1. The standard InChI is InChI=1S/C13H12BrFN6O3/c14-8-6-7(2-3-9(8)15)21-12(20-23-13(21)22)10-11(19-24-18-10)17-5-1-4-16/h2-3,6H,1,4-5,16H2,(H,17,19). The maximum atomic E-state index is 13.4. The summed E-state index contributed by atoms with van der Waals surface area (Å²) in [7, 11) is 0. The third-order valence-electron chi connectivity index (χ3n) is 3.14. The lowest BCUT2D eigenvalue weighted by Gasteiger charge is -2.05. The molecule has 1 aromatic carbocycles. The lowest BCUT2D eigenvalue weighted by molar-refractivity contribution is 0.309. The van der Waals surface area contributed by atoms with E-state index in [-0.39, 0.29) is 16.0 Å². The zero-order valence-electron chi connectivity index (χ0n) is 12.2. The van der Waals surface area contributed by atoms with Gasteiger partial charge in [-0.3, -0.25) is 4.52 Å². The molecule has 0 atom stereocenters. The number of benzene rings is 1. The van der Waals surface area contributed by atoms with Gasteiger partial charge in [0.15, 0.2) is 5.69 Å². The normalized spacial score (nSPS) is 11.0. The molecule has 9 nitrogen and oxygen atoms in total. The third kappa shape index (κ3) is 3.08. The van der Waals surface area contributed by atoms with Crippen molar-refractivity contribution in [2.45, 2.75) is 6.42 Å². The Bertz CT molecular complexity index is 905. The molecule has 2 aromatic heterocycles. The highest BCUT2D eigenvalue weighted by molar-refractivity contribution is 9.10. The molecule has 2 heterocycles. The summed E-state index contributed by atoms with van der Waals surface area (Å²) in [4.78, 5) is 12.0. The second kappa shape index (κ2) is 6.93. The highest BCUT2D eigenvalue weighted by Crippen LogP contribution is 2.26. The molecule has 24 heavy (non-hydrogen) atoms. The highest BCUT2D eigenvalue weighted by Gasteiger charge is 2.22. The molecular formula is C13H12BrFN6O3. The maximum absolute atomic E-state index is 13.4. The predicted octanol–water partition coefficient (Wildman–Crippen LogP) is 1.54. The molecule has 0 saturated carbocycles. The Hall–Kier alpha value is -2.53. The van der Waals surface area contributed by atoms with Gasteiger partial charge in [0, 0.05) is 6.54 Å². The molecule has 126 valence electrons. The lowest BCUT2D eigenvalue weighted by Crippen LogP contribution is -2.14. The minimum Gasteiger partial charge on any atom is -0.365 e. The Morgan fingerprint density at radius 3 is 2.92 bits per heavy atom. The van der Waals surface area contributed by atoms with Crippen molar-refractivity contribution in [3.63, 3.8) is 0 Å².